The Kier molecular flexibility index (Phi) is 30.3. The first-order valence-corrected chi connectivity index (χ1v) is 23.9. The van der Waals surface area contributed by atoms with E-state index >= 15 is 0 Å². The molecule has 0 spiro atoms. The van der Waals surface area contributed by atoms with Crippen molar-refractivity contribution in [3.8, 4) is 0 Å². The number of hydrogen-bond donors (Lipinski definition) is 0. The number of hydrogen-bond acceptors (Lipinski definition) is 0. The SMILES string of the molecule is CCCCCCCC(CCC)([C](CCC)CC(C)(C)CCCCCC)C(CCCCCCC)(CCC(C)CC(C)CCC)C(CCC)CCC. The van der Waals surface area contributed by atoms with Crippen molar-refractivity contribution >= 4 is 0 Å². The predicted molar refractivity (Wildman–Crippen MR) is 232 cm³/mol. The fraction of sp³-hybridized carbons (Fsp3) is 0.980. The summed E-state index contributed by atoms with van der Waals surface area (Å²) in [6, 6.07) is 0. The summed E-state index contributed by atoms with van der Waals surface area (Å²) in [5.74, 6) is 4.64. The molecule has 0 bridgehead atoms. The van der Waals surface area contributed by atoms with Crippen LogP contribution in [0.1, 0.15) is 282 Å². The zero-order chi connectivity index (χ0) is 37.7. The molecule has 0 fully saturated rings. The first kappa shape index (κ1) is 50.0. The normalized spacial score (nSPS) is 16.2. The quantitative estimate of drug-likeness (QED) is 0.0566. The molecule has 0 heterocycles. The van der Waals surface area contributed by atoms with Crippen LogP contribution in [0.3, 0.4) is 0 Å². The molecule has 1 radical (unpaired) electrons. The van der Waals surface area contributed by atoms with Gasteiger partial charge < -0.3 is 0 Å². The summed E-state index contributed by atoms with van der Waals surface area (Å²) >= 11 is 0. The summed E-state index contributed by atoms with van der Waals surface area (Å²) in [7, 11) is 0. The molecule has 0 heteroatoms. The lowest BCUT2D eigenvalue weighted by atomic mass is 9.43. The van der Waals surface area contributed by atoms with E-state index in [0.29, 0.717) is 16.2 Å². The predicted octanol–water partition coefficient (Wildman–Crippen LogP) is 18.7. The molecule has 0 saturated carbocycles. The minimum Gasteiger partial charge on any atom is -0.0654 e. The van der Waals surface area contributed by atoms with Crippen LogP contribution in [-0.2, 0) is 0 Å². The second-order valence-electron chi connectivity index (χ2n) is 18.9. The van der Waals surface area contributed by atoms with Crippen molar-refractivity contribution in [1.29, 1.82) is 0 Å². The Balaban J connectivity index is 7.53. The molecule has 0 aliphatic carbocycles. The van der Waals surface area contributed by atoms with Gasteiger partial charge in [-0.1, -0.05) is 231 Å². The lowest BCUT2D eigenvalue weighted by molar-refractivity contribution is -0.0683. The molecule has 50 heavy (non-hydrogen) atoms. The van der Waals surface area contributed by atoms with Gasteiger partial charge in [0.1, 0.15) is 0 Å². The third kappa shape index (κ3) is 18.9. The zero-order valence-electron chi connectivity index (χ0n) is 37.7. The summed E-state index contributed by atoms with van der Waals surface area (Å²) in [6.45, 7) is 30.2. The highest BCUT2D eigenvalue weighted by Crippen LogP contribution is 2.66. The molecule has 0 nitrogen and oxygen atoms in total. The number of rotatable bonds is 37. The van der Waals surface area contributed by atoms with Crippen molar-refractivity contribution in [1.82, 2.24) is 0 Å². The van der Waals surface area contributed by atoms with E-state index in [1.807, 2.05) is 0 Å². The molecule has 0 rings (SSSR count). The van der Waals surface area contributed by atoms with E-state index in [4.69, 9.17) is 0 Å². The van der Waals surface area contributed by atoms with Crippen LogP contribution in [0.5, 0.6) is 0 Å². The van der Waals surface area contributed by atoms with Gasteiger partial charge in [-0.25, -0.2) is 0 Å². The van der Waals surface area contributed by atoms with Crippen LogP contribution in [0.2, 0.25) is 0 Å². The average molecular weight is 702 g/mol. The van der Waals surface area contributed by atoms with Gasteiger partial charge >= 0.3 is 0 Å². The van der Waals surface area contributed by atoms with Gasteiger partial charge in [0, 0.05) is 0 Å². The summed E-state index contributed by atoms with van der Waals surface area (Å²) in [6.07, 6.45) is 43.8. The maximum absolute atomic E-state index is 2.67. The van der Waals surface area contributed by atoms with Gasteiger partial charge in [0.15, 0.2) is 0 Å². The first-order chi connectivity index (χ1) is 24.0. The van der Waals surface area contributed by atoms with Crippen molar-refractivity contribution in [2.75, 3.05) is 0 Å². The Labute approximate surface area is 321 Å². The van der Waals surface area contributed by atoms with E-state index in [1.54, 1.807) is 0 Å². The van der Waals surface area contributed by atoms with Crippen LogP contribution < -0.4 is 0 Å². The largest absolute Gasteiger partial charge is 0.0654 e. The van der Waals surface area contributed by atoms with Gasteiger partial charge in [-0.15, -0.1) is 0 Å². The Hall–Kier alpha value is 0. The highest BCUT2D eigenvalue weighted by molar-refractivity contribution is 5.18. The van der Waals surface area contributed by atoms with E-state index in [-0.39, 0.29) is 0 Å². The minimum atomic E-state index is 0.388. The van der Waals surface area contributed by atoms with Crippen LogP contribution >= 0.6 is 0 Å². The molecule has 301 valence electrons. The van der Waals surface area contributed by atoms with Crippen LogP contribution in [-0.4, -0.2) is 0 Å². The second-order valence-corrected chi connectivity index (χ2v) is 18.9. The summed E-state index contributed by atoms with van der Waals surface area (Å²) < 4.78 is 0. The lowest BCUT2D eigenvalue weighted by Gasteiger charge is -2.61. The summed E-state index contributed by atoms with van der Waals surface area (Å²) in [5, 5.41) is 0. The topological polar surface area (TPSA) is 0 Å². The van der Waals surface area contributed by atoms with Crippen molar-refractivity contribution in [2.24, 2.45) is 34.0 Å². The molecule has 0 amide bonds. The fourth-order valence-corrected chi connectivity index (χ4v) is 11.0. The van der Waals surface area contributed by atoms with Gasteiger partial charge in [0.2, 0.25) is 0 Å². The fourth-order valence-electron chi connectivity index (χ4n) is 11.0. The molecule has 4 atom stereocenters. The van der Waals surface area contributed by atoms with Crippen LogP contribution in [0, 0.1) is 39.9 Å². The molecular weight excluding hydrogens is 601 g/mol. The average Bonchev–Trinajstić information content (AvgIpc) is 3.07. The summed E-state index contributed by atoms with van der Waals surface area (Å²) in [5.41, 5.74) is 1.23. The van der Waals surface area contributed by atoms with E-state index in [0.717, 1.165) is 17.8 Å². The maximum Gasteiger partial charge on any atom is -0.0168 e. The zero-order valence-corrected chi connectivity index (χ0v) is 37.7. The molecule has 0 saturated heterocycles. The van der Waals surface area contributed by atoms with E-state index in [1.165, 1.54) is 199 Å². The van der Waals surface area contributed by atoms with Gasteiger partial charge in [0.05, 0.1) is 0 Å². The maximum atomic E-state index is 2.67. The lowest BCUT2D eigenvalue weighted by Crippen LogP contribution is -2.52. The van der Waals surface area contributed by atoms with Gasteiger partial charge in [0.25, 0.3) is 0 Å². The monoisotopic (exact) mass is 702 g/mol. The van der Waals surface area contributed by atoms with Crippen molar-refractivity contribution < 1.29 is 0 Å². The van der Waals surface area contributed by atoms with Gasteiger partial charge in [-0.3, -0.25) is 0 Å². The Bertz CT molecular complexity index is 714. The van der Waals surface area contributed by atoms with E-state index in [9.17, 15) is 0 Å². The highest BCUT2D eigenvalue weighted by atomic mass is 14.6. The van der Waals surface area contributed by atoms with Gasteiger partial charge in [-0.05, 0) is 91.3 Å². The van der Waals surface area contributed by atoms with Crippen LogP contribution in [0.15, 0.2) is 0 Å². The Morgan fingerprint density at radius 3 is 1.40 bits per heavy atom. The molecule has 0 aromatic heterocycles. The molecule has 0 aliphatic rings. The third-order valence-corrected chi connectivity index (χ3v) is 13.4. The second kappa shape index (κ2) is 30.3. The number of unbranched alkanes of at least 4 members (excludes halogenated alkanes) is 11. The van der Waals surface area contributed by atoms with Crippen LogP contribution in [0.4, 0.5) is 0 Å². The third-order valence-electron chi connectivity index (χ3n) is 13.4. The highest BCUT2D eigenvalue weighted by Gasteiger charge is 2.56. The smallest absolute Gasteiger partial charge is 0.0168 e. The molecule has 0 aromatic rings. The molecular formula is C50H101. The van der Waals surface area contributed by atoms with Gasteiger partial charge in [-0.2, -0.15) is 0 Å². The van der Waals surface area contributed by atoms with Crippen molar-refractivity contribution in [3.63, 3.8) is 0 Å². The molecule has 0 aromatic carbocycles. The van der Waals surface area contributed by atoms with E-state index in [2.05, 4.69) is 89.0 Å². The van der Waals surface area contributed by atoms with Crippen molar-refractivity contribution in [3.05, 3.63) is 5.92 Å². The molecule has 4 unspecified atom stereocenters. The summed E-state index contributed by atoms with van der Waals surface area (Å²) in [4.78, 5) is 0. The van der Waals surface area contributed by atoms with E-state index < -0.39 is 0 Å². The standard InChI is InChI=1S/C50H101/c1-13-21-24-27-30-39-49(37-20-8,47(35-19-7)43-48(11,12)38-29-26-23-15-3)50(40-31-28-25-22-14-2,46(33-17-5)34-18-6)41-36-45(10)42-44(9)32-16-4/h44-46H,13-43H2,1-12H3. The molecule has 0 N–H and O–H groups in total. The minimum absolute atomic E-state index is 0.388. The Morgan fingerprint density at radius 2 is 0.900 bits per heavy atom. The molecule has 0 aliphatic heterocycles. The Morgan fingerprint density at radius 1 is 0.420 bits per heavy atom. The van der Waals surface area contributed by atoms with Crippen LogP contribution in [0.25, 0.3) is 0 Å². The first-order valence-electron chi connectivity index (χ1n) is 23.9. The van der Waals surface area contributed by atoms with Crippen molar-refractivity contribution in [2.45, 2.75) is 282 Å².